The number of alkyl halides is 2. The molecule has 0 spiro atoms. The molecule has 1 aromatic heterocycles. The molecule has 0 bridgehead atoms. The second-order valence-electron chi connectivity index (χ2n) is 4.51. The van der Waals surface area contributed by atoms with Crippen molar-refractivity contribution < 1.29 is 8.78 Å². The Morgan fingerprint density at radius 1 is 1.53 bits per heavy atom. The maximum Gasteiger partial charge on any atom is 0.319 e. The molecule has 1 aliphatic rings. The molecule has 2 heterocycles. The summed E-state index contributed by atoms with van der Waals surface area (Å²) in [5, 5.41) is 0. The van der Waals surface area contributed by atoms with Crippen LogP contribution in [0.15, 0.2) is 12.4 Å². The quantitative estimate of drug-likeness (QED) is 0.872. The van der Waals surface area contributed by atoms with Crippen molar-refractivity contribution in [3.05, 3.63) is 18.2 Å². The summed E-state index contributed by atoms with van der Waals surface area (Å²) in [6.45, 7) is 0.454. The van der Waals surface area contributed by atoms with E-state index in [1.807, 2.05) is 0 Å². The standard InChI is InChI=1S/C11H18F2N4/c12-11(13)17-5-3-15-10(17)8-16-4-1-2-9(6-14)7-16/h3,5,9,11H,1-2,4,6-8,14H2. The number of nitrogens with two attached hydrogens (primary N) is 1. The fourth-order valence-electron chi connectivity index (χ4n) is 2.33. The number of rotatable bonds is 4. The van der Waals surface area contributed by atoms with Crippen LogP contribution in [0, 0.1) is 5.92 Å². The molecule has 0 radical (unpaired) electrons. The van der Waals surface area contributed by atoms with Crippen LogP contribution >= 0.6 is 0 Å². The molecule has 1 aliphatic heterocycles. The second kappa shape index (κ2) is 5.55. The first kappa shape index (κ1) is 12.4. The van der Waals surface area contributed by atoms with Gasteiger partial charge < -0.3 is 5.73 Å². The van der Waals surface area contributed by atoms with Crippen molar-refractivity contribution in [1.82, 2.24) is 14.5 Å². The molecule has 2 N–H and O–H groups in total. The smallest absolute Gasteiger partial charge is 0.319 e. The van der Waals surface area contributed by atoms with Gasteiger partial charge in [-0.2, -0.15) is 8.78 Å². The lowest BCUT2D eigenvalue weighted by Crippen LogP contribution is -2.38. The molecule has 2 rings (SSSR count). The van der Waals surface area contributed by atoms with Crippen LogP contribution in [0.25, 0.3) is 0 Å². The highest BCUT2D eigenvalue weighted by molar-refractivity contribution is 4.93. The Bertz CT molecular complexity index is 353. The normalized spacial score (nSPS) is 22.2. The molecule has 1 saturated heterocycles. The SMILES string of the molecule is NCC1CCCN(Cc2nccn2C(F)F)C1. The summed E-state index contributed by atoms with van der Waals surface area (Å²) in [4.78, 5) is 6.15. The molecule has 4 nitrogen and oxygen atoms in total. The highest BCUT2D eigenvalue weighted by Gasteiger charge is 2.21. The van der Waals surface area contributed by atoms with Crippen molar-refractivity contribution in [2.75, 3.05) is 19.6 Å². The summed E-state index contributed by atoms with van der Waals surface area (Å²) in [5.41, 5.74) is 5.65. The molecule has 17 heavy (non-hydrogen) atoms. The average molecular weight is 244 g/mol. The minimum absolute atomic E-state index is 0.428. The maximum atomic E-state index is 12.6. The molecule has 1 unspecified atom stereocenters. The van der Waals surface area contributed by atoms with E-state index in [0.29, 0.717) is 24.8 Å². The number of halogens is 2. The van der Waals surface area contributed by atoms with Crippen LogP contribution in [0.3, 0.4) is 0 Å². The Hall–Kier alpha value is -1.01. The fourth-order valence-corrected chi connectivity index (χ4v) is 2.33. The first-order valence-electron chi connectivity index (χ1n) is 5.93. The van der Waals surface area contributed by atoms with E-state index in [1.165, 1.54) is 12.4 Å². The van der Waals surface area contributed by atoms with Gasteiger partial charge in [-0.05, 0) is 31.8 Å². The largest absolute Gasteiger partial charge is 0.330 e. The van der Waals surface area contributed by atoms with Gasteiger partial charge in [-0.15, -0.1) is 0 Å². The highest BCUT2D eigenvalue weighted by Crippen LogP contribution is 2.19. The van der Waals surface area contributed by atoms with Crippen molar-refractivity contribution in [3.8, 4) is 0 Å². The third kappa shape index (κ3) is 3.01. The molecule has 0 aromatic carbocycles. The summed E-state index contributed by atoms with van der Waals surface area (Å²) in [6.07, 6.45) is 4.96. The van der Waals surface area contributed by atoms with Crippen LogP contribution in [-0.2, 0) is 6.54 Å². The summed E-state index contributed by atoms with van der Waals surface area (Å²) >= 11 is 0. The monoisotopic (exact) mass is 244 g/mol. The van der Waals surface area contributed by atoms with Gasteiger partial charge in [-0.3, -0.25) is 9.47 Å². The van der Waals surface area contributed by atoms with Crippen LogP contribution in [0.2, 0.25) is 0 Å². The molecular formula is C11H18F2N4. The Kier molecular flexibility index (Phi) is 4.06. The van der Waals surface area contributed by atoms with Crippen molar-refractivity contribution in [1.29, 1.82) is 0 Å². The molecule has 6 heteroatoms. The molecular weight excluding hydrogens is 226 g/mol. The molecule has 0 amide bonds. The minimum Gasteiger partial charge on any atom is -0.330 e. The zero-order chi connectivity index (χ0) is 12.3. The van der Waals surface area contributed by atoms with E-state index in [0.717, 1.165) is 30.5 Å². The lowest BCUT2D eigenvalue weighted by molar-refractivity contribution is 0.0620. The summed E-state index contributed by atoms with van der Waals surface area (Å²) in [5.74, 6) is 0.913. The van der Waals surface area contributed by atoms with Crippen LogP contribution < -0.4 is 5.73 Å². The van der Waals surface area contributed by atoms with Gasteiger partial charge in [-0.1, -0.05) is 0 Å². The van der Waals surface area contributed by atoms with Gasteiger partial charge in [0.1, 0.15) is 5.82 Å². The number of piperidine rings is 1. The lowest BCUT2D eigenvalue weighted by atomic mass is 9.98. The van der Waals surface area contributed by atoms with Crippen molar-refractivity contribution in [2.45, 2.75) is 25.9 Å². The van der Waals surface area contributed by atoms with Crippen molar-refractivity contribution in [2.24, 2.45) is 11.7 Å². The van der Waals surface area contributed by atoms with Gasteiger partial charge in [0.05, 0.1) is 6.54 Å². The number of hydrogen-bond donors (Lipinski definition) is 1. The van der Waals surface area contributed by atoms with Crippen LogP contribution in [0.4, 0.5) is 8.78 Å². The summed E-state index contributed by atoms with van der Waals surface area (Å²) in [6, 6.07) is 0. The zero-order valence-electron chi connectivity index (χ0n) is 9.73. The van der Waals surface area contributed by atoms with E-state index >= 15 is 0 Å². The third-order valence-electron chi connectivity index (χ3n) is 3.26. The van der Waals surface area contributed by atoms with E-state index in [2.05, 4.69) is 9.88 Å². The predicted octanol–water partition coefficient (Wildman–Crippen LogP) is 1.45. The van der Waals surface area contributed by atoms with Gasteiger partial charge in [0, 0.05) is 18.9 Å². The number of hydrogen-bond acceptors (Lipinski definition) is 3. The van der Waals surface area contributed by atoms with Crippen molar-refractivity contribution >= 4 is 0 Å². The molecule has 1 atom stereocenters. The van der Waals surface area contributed by atoms with E-state index in [4.69, 9.17) is 5.73 Å². The lowest BCUT2D eigenvalue weighted by Gasteiger charge is -2.31. The van der Waals surface area contributed by atoms with Gasteiger partial charge in [-0.25, -0.2) is 4.98 Å². The van der Waals surface area contributed by atoms with Gasteiger partial charge >= 0.3 is 6.55 Å². The summed E-state index contributed by atoms with van der Waals surface area (Å²) < 4.78 is 26.2. The molecule has 0 aliphatic carbocycles. The van der Waals surface area contributed by atoms with Crippen LogP contribution in [0.1, 0.15) is 25.2 Å². The minimum atomic E-state index is -2.51. The molecule has 96 valence electrons. The van der Waals surface area contributed by atoms with E-state index in [-0.39, 0.29) is 0 Å². The predicted molar refractivity (Wildman–Crippen MR) is 60.5 cm³/mol. The summed E-state index contributed by atoms with van der Waals surface area (Å²) in [7, 11) is 0. The Balaban J connectivity index is 1.98. The number of likely N-dealkylation sites (tertiary alicyclic amines) is 1. The average Bonchev–Trinajstić information content (AvgIpc) is 2.77. The Morgan fingerprint density at radius 2 is 2.35 bits per heavy atom. The number of nitrogens with zero attached hydrogens (tertiary/aromatic N) is 3. The van der Waals surface area contributed by atoms with Gasteiger partial charge in [0.15, 0.2) is 0 Å². The van der Waals surface area contributed by atoms with Crippen molar-refractivity contribution in [3.63, 3.8) is 0 Å². The fraction of sp³-hybridized carbons (Fsp3) is 0.727. The number of imidazole rings is 1. The topological polar surface area (TPSA) is 47.1 Å². The van der Waals surface area contributed by atoms with Gasteiger partial charge in [0.25, 0.3) is 0 Å². The Morgan fingerprint density at radius 3 is 3.06 bits per heavy atom. The first-order chi connectivity index (χ1) is 8.20. The van der Waals surface area contributed by atoms with E-state index < -0.39 is 6.55 Å². The zero-order valence-corrected chi connectivity index (χ0v) is 9.73. The van der Waals surface area contributed by atoms with Crippen LogP contribution in [-0.4, -0.2) is 34.1 Å². The van der Waals surface area contributed by atoms with E-state index in [9.17, 15) is 8.78 Å². The van der Waals surface area contributed by atoms with Crippen LogP contribution in [0.5, 0.6) is 0 Å². The second-order valence-corrected chi connectivity index (χ2v) is 4.51. The van der Waals surface area contributed by atoms with Gasteiger partial charge in [0.2, 0.25) is 0 Å². The Labute approximate surface area is 99.4 Å². The third-order valence-corrected chi connectivity index (χ3v) is 3.26. The number of aromatic nitrogens is 2. The first-order valence-corrected chi connectivity index (χ1v) is 5.93. The molecule has 1 fully saturated rings. The molecule has 1 aromatic rings. The maximum absolute atomic E-state index is 12.6. The van der Waals surface area contributed by atoms with E-state index in [1.54, 1.807) is 0 Å². The highest BCUT2D eigenvalue weighted by atomic mass is 19.3. The molecule has 0 saturated carbocycles.